The average molecular weight is 347 g/mol. The Morgan fingerprint density at radius 1 is 1.00 bits per heavy atom. The summed E-state index contributed by atoms with van der Waals surface area (Å²) in [5, 5.41) is 14.4. The van der Waals surface area contributed by atoms with Crippen LogP contribution in [0.3, 0.4) is 0 Å². The van der Waals surface area contributed by atoms with Crippen molar-refractivity contribution in [2.24, 2.45) is 0 Å². The lowest BCUT2D eigenvalue weighted by atomic mass is 10.1. The smallest absolute Gasteiger partial charge is 0.337 e. The van der Waals surface area contributed by atoms with E-state index in [0.29, 0.717) is 11.4 Å². The zero-order valence-electron chi connectivity index (χ0n) is 12.8. The lowest BCUT2D eigenvalue weighted by Gasteiger charge is -2.08. The standard InChI is InChI=1S/C17H15ClN2O4/c1-10(21)19-12-4-2-11(3-5-12)8-16(22)20-13-6-7-15(18)14(9-13)17(23)24/h2-7,9H,8H2,1H3,(H,19,21)(H,20,22)(H,23,24). The summed E-state index contributed by atoms with van der Waals surface area (Å²) in [6.07, 6.45) is 0.116. The van der Waals surface area contributed by atoms with Gasteiger partial charge in [-0.3, -0.25) is 9.59 Å². The molecule has 3 N–H and O–H groups in total. The number of carbonyl (C=O) groups excluding carboxylic acids is 2. The molecule has 0 bridgehead atoms. The van der Waals surface area contributed by atoms with Gasteiger partial charge >= 0.3 is 5.97 Å². The molecule has 2 aromatic rings. The number of anilines is 2. The number of carbonyl (C=O) groups is 3. The third kappa shape index (κ3) is 4.82. The van der Waals surface area contributed by atoms with E-state index in [1.807, 2.05) is 0 Å². The van der Waals surface area contributed by atoms with Crippen LogP contribution in [0.2, 0.25) is 5.02 Å². The predicted octanol–water partition coefficient (Wildman–Crippen LogP) is 3.18. The molecule has 0 spiro atoms. The Balaban J connectivity index is 2.02. The van der Waals surface area contributed by atoms with Crippen LogP contribution in [0.5, 0.6) is 0 Å². The lowest BCUT2D eigenvalue weighted by Crippen LogP contribution is -2.15. The molecule has 0 aromatic heterocycles. The van der Waals surface area contributed by atoms with Crippen molar-refractivity contribution in [1.82, 2.24) is 0 Å². The summed E-state index contributed by atoms with van der Waals surface area (Å²) < 4.78 is 0. The van der Waals surface area contributed by atoms with Crippen LogP contribution in [0.4, 0.5) is 11.4 Å². The van der Waals surface area contributed by atoms with E-state index in [2.05, 4.69) is 10.6 Å². The van der Waals surface area contributed by atoms with Crippen molar-refractivity contribution >= 4 is 40.8 Å². The fourth-order valence-electron chi connectivity index (χ4n) is 2.07. The van der Waals surface area contributed by atoms with Crippen LogP contribution < -0.4 is 10.6 Å². The van der Waals surface area contributed by atoms with Crippen molar-refractivity contribution in [3.8, 4) is 0 Å². The van der Waals surface area contributed by atoms with Crippen LogP contribution in [0.25, 0.3) is 0 Å². The Hall–Kier alpha value is -2.86. The van der Waals surface area contributed by atoms with Crippen LogP contribution in [-0.2, 0) is 16.0 Å². The van der Waals surface area contributed by atoms with Crippen molar-refractivity contribution in [3.05, 3.63) is 58.6 Å². The van der Waals surface area contributed by atoms with Gasteiger partial charge in [0.15, 0.2) is 0 Å². The van der Waals surface area contributed by atoms with Gasteiger partial charge in [-0.2, -0.15) is 0 Å². The van der Waals surface area contributed by atoms with Crippen molar-refractivity contribution < 1.29 is 19.5 Å². The van der Waals surface area contributed by atoms with Crippen molar-refractivity contribution in [2.45, 2.75) is 13.3 Å². The van der Waals surface area contributed by atoms with Gasteiger partial charge in [-0.15, -0.1) is 0 Å². The third-order valence-electron chi connectivity index (χ3n) is 3.12. The van der Waals surface area contributed by atoms with E-state index in [1.165, 1.54) is 25.1 Å². The summed E-state index contributed by atoms with van der Waals surface area (Å²) in [7, 11) is 0. The number of hydrogen-bond donors (Lipinski definition) is 3. The second-order valence-corrected chi connectivity index (χ2v) is 5.51. The van der Waals surface area contributed by atoms with Crippen LogP contribution in [-0.4, -0.2) is 22.9 Å². The molecular weight excluding hydrogens is 332 g/mol. The van der Waals surface area contributed by atoms with Crippen molar-refractivity contribution in [2.75, 3.05) is 10.6 Å². The second-order valence-electron chi connectivity index (χ2n) is 5.10. The summed E-state index contributed by atoms with van der Waals surface area (Å²) in [6.45, 7) is 1.42. The average Bonchev–Trinajstić information content (AvgIpc) is 2.50. The molecule has 6 nitrogen and oxygen atoms in total. The lowest BCUT2D eigenvalue weighted by molar-refractivity contribution is -0.116. The monoisotopic (exact) mass is 346 g/mol. The maximum atomic E-state index is 12.0. The molecule has 0 unspecified atom stereocenters. The predicted molar refractivity (Wildman–Crippen MR) is 91.5 cm³/mol. The van der Waals surface area contributed by atoms with Gasteiger partial charge in [0.2, 0.25) is 11.8 Å². The Bertz CT molecular complexity index is 788. The highest BCUT2D eigenvalue weighted by molar-refractivity contribution is 6.33. The van der Waals surface area contributed by atoms with Crippen LogP contribution in [0.15, 0.2) is 42.5 Å². The Kier molecular flexibility index (Phi) is 5.55. The van der Waals surface area contributed by atoms with Crippen LogP contribution >= 0.6 is 11.6 Å². The molecule has 2 aromatic carbocycles. The van der Waals surface area contributed by atoms with E-state index in [9.17, 15) is 14.4 Å². The third-order valence-corrected chi connectivity index (χ3v) is 3.45. The Labute approximate surface area is 143 Å². The first-order valence-electron chi connectivity index (χ1n) is 7.04. The number of rotatable bonds is 5. The van der Waals surface area contributed by atoms with E-state index < -0.39 is 5.97 Å². The molecule has 0 saturated carbocycles. The van der Waals surface area contributed by atoms with Gasteiger partial charge in [0, 0.05) is 18.3 Å². The number of halogens is 1. The fraction of sp³-hybridized carbons (Fsp3) is 0.118. The topological polar surface area (TPSA) is 95.5 Å². The zero-order valence-corrected chi connectivity index (χ0v) is 13.6. The van der Waals surface area contributed by atoms with Gasteiger partial charge in [0.1, 0.15) is 0 Å². The summed E-state index contributed by atoms with van der Waals surface area (Å²) in [5.74, 6) is -1.62. The molecule has 0 heterocycles. The quantitative estimate of drug-likeness (QED) is 0.774. The number of carboxylic acids is 1. The van der Waals surface area contributed by atoms with Gasteiger partial charge in [-0.25, -0.2) is 4.79 Å². The number of hydrogen-bond acceptors (Lipinski definition) is 3. The molecular formula is C17H15ClN2O4. The van der Waals surface area contributed by atoms with Crippen molar-refractivity contribution in [1.29, 1.82) is 0 Å². The van der Waals surface area contributed by atoms with E-state index in [0.717, 1.165) is 5.56 Å². The molecule has 0 atom stereocenters. The van der Waals surface area contributed by atoms with Crippen LogP contribution in [0.1, 0.15) is 22.8 Å². The number of aromatic carboxylic acids is 1. The molecule has 2 amide bonds. The van der Waals surface area contributed by atoms with E-state index in [4.69, 9.17) is 16.7 Å². The highest BCUT2D eigenvalue weighted by atomic mass is 35.5. The van der Waals surface area contributed by atoms with Gasteiger partial charge in [0.05, 0.1) is 17.0 Å². The van der Waals surface area contributed by atoms with Crippen molar-refractivity contribution in [3.63, 3.8) is 0 Å². The first kappa shape index (κ1) is 17.5. The molecule has 0 aliphatic rings. The molecule has 0 aliphatic carbocycles. The summed E-state index contributed by atoms with van der Waals surface area (Å²) in [5.41, 5.74) is 1.69. The minimum atomic E-state index is -1.16. The Morgan fingerprint density at radius 3 is 2.21 bits per heavy atom. The second kappa shape index (κ2) is 7.61. The fourth-order valence-corrected chi connectivity index (χ4v) is 2.27. The van der Waals surface area contributed by atoms with Gasteiger partial charge < -0.3 is 15.7 Å². The van der Waals surface area contributed by atoms with E-state index >= 15 is 0 Å². The maximum absolute atomic E-state index is 12.0. The molecule has 2 rings (SSSR count). The molecule has 0 radical (unpaired) electrons. The number of amides is 2. The van der Waals surface area contributed by atoms with E-state index in [-0.39, 0.29) is 28.8 Å². The molecule has 0 aliphatic heterocycles. The van der Waals surface area contributed by atoms with Gasteiger partial charge in [-0.05, 0) is 35.9 Å². The first-order chi connectivity index (χ1) is 11.3. The highest BCUT2D eigenvalue weighted by Gasteiger charge is 2.11. The summed E-state index contributed by atoms with van der Waals surface area (Å²) >= 11 is 5.78. The number of benzene rings is 2. The SMILES string of the molecule is CC(=O)Nc1ccc(CC(=O)Nc2ccc(Cl)c(C(=O)O)c2)cc1. The summed E-state index contributed by atoms with van der Waals surface area (Å²) in [6, 6.07) is 11.1. The minimum Gasteiger partial charge on any atom is -0.478 e. The Morgan fingerprint density at radius 2 is 1.62 bits per heavy atom. The zero-order chi connectivity index (χ0) is 17.7. The maximum Gasteiger partial charge on any atom is 0.337 e. The highest BCUT2D eigenvalue weighted by Crippen LogP contribution is 2.21. The molecule has 7 heteroatoms. The number of nitrogens with one attached hydrogen (secondary N) is 2. The normalized spacial score (nSPS) is 10.1. The summed E-state index contributed by atoms with van der Waals surface area (Å²) in [4.78, 5) is 34.0. The first-order valence-corrected chi connectivity index (χ1v) is 7.42. The minimum absolute atomic E-state index is 0.0749. The van der Waals surface area contributed by atoms with E-state index in [1.54, 1.807) is 24.3 Å². The van der Waals surface area contributed by atoms with Crippen LogP contribution in [0, 0.1) is 0 Å². The largest absolute Gasteiger partial charge is 0.478 e. The molecule has 124 valence electrons. The molecule has 0 fully saturated rings. The number of carboxylic acid groups (broad SMARTS) is 1. The molecule has 24 heavy (non-hydrogen) atoms. The molecule has 0 saturated heterocycles. The van der Waals surface area contributed by atoms with Gasteiger partial charge in [-0.1, -0.05) is 23.7 Å². The van der Waals surface area contributed by atoms with Gasteiger partial charge in [0.25, 0.3) is 0 Å².